The molecule has 0 aliphatic heterocycles. The second-order valence-electron chi connectivity index (χ2n) is 4.57. The molecule has 0 aliphatic carbocycles. The predicted octanol–water partition coefficient (Wildman–Crippen LogP) is 2.23. The molecule has 98 valence electrons. The normalized spacial score (nSPS) is 12.8. The number of carbonyl (C=O) groups excluding carboxylic acids is 1. The first-order chi connectivity index (χ1) is 8.45. The second-order valence-corrected chi connectivity index (χ2v) is 8.46. The Bertz CT molecular complexity index is 401. The van der Waals surface area contributed by atoms with E-state index in [1.165, 1.54) is 12.1 Å². The molecule has 3 nitrogen and oxygen atoms in total. The van der Waals surface area contributed by atoms with Crippen molar-refractivity contribution in [3.05, 3.63) is 43.0 Å². The highest BCUT2D eigenvalue weighted by Crippen LogP contribution is 2.07. The molecule has 0 bridgehead atoms. The maximum absolute atomic E-state index is 10.9. The molecule has 0 heterocycles. The minimum absolute atomic E-state index is 0.317. The van der Waals surface area contributed by atoms with Crippen LogP contribution in [-0.4, -0.2) is 27.0 Å². The maximum Gasteiger partial charge on any atom is 0.303 e. The molecule has 1 atom stereocenters. The van der Waals surface area contributed by atoms with Gasteiger partial charge in [0, 0.05) is 6.92 Å². The van der Waals surface area contributed by atoms with Crippen molar-refractivity contribution in [1.82, 2.24) is 0 Å². The lowest BCUT2D eigenvalue weighted by atomic mass is 10.4. The molecule has 0 amide bonds. The van der Waals surface area contributed by atoms with Crippen molar-refractivity contribution in [3.8, 4) is 0 Å². The predicted molar refractivity (Wildman–Crippen MR) is 75.3 cm³/mol. The Morgan fingerprint density at radius 1 is 1.39 bits per heavy atom. The molecule has 4 heteroatoms. The first kappa shape index (κ1) is 14.7. The van der Waals surface area contributed by atoms with Crippen LogP contribution in [0.5, 0.6) is 0 Å². The van der Waals surface area contributed by atoms with Gasteiger partial charge in [-0.25, -0.2) is 0 Å². The highest BCUT2D eigenvalue weighted by molar-refractivity contribution is 6.84. The molecule has 0 aliphatic rings. The van der Waals surface area contributed by atoms with Gasteiger partial charge < -0.3 is 9.16 Å². The van der Waals surface area contributed by atoms with Gasteiger partial charge in [0.25, 0.3) is 0 Å². The van der Waals surface area contributed by atoms with Gasteiger partial charge in [0.2, 0.25) is 8.32 Å². The van der Waals surface area contributed by atoms with E-state index in [2.05, 4.69) is 31.8 Å². The number of rotatable bonds is 6. The Morgan fingerprint density at radius 2 is 2.00 bits per heavy atom. The summed E-state index contributed by atoms with van der Waals surface area (Å²) in [7, 11) is -1.95. The molecule has 0 saturated carbocycles. The van der Waals surface area contributed by atoms with Gasteiger partial charge in [-0.2, -0.15) is 0 Å². The molecule has 0 radical (unpaired) electrons. The number of hydrogen-bond acceptors (Lipinski definition) is 3. The minimum Gasteiger partial charge on any atom is -0.456 e. The summed E-state index contributed by atoms with van der Waals surface area (Å²) in [6.45, 7) is 9.63. The third-order valence-corrected chi connectivity index (χ3v) is 5.27. The Morgan fingerprint density at radius 3 is 2.50 bits per heavy atom. The zero-order chi connectivity index (χ0) is 13.6. The quantitative estimate of drug-likeness (QED) is 0.449. The van der Waals surface area contributed by atoms with E-state index in [-0.39, 0.29) is 12.1 Å². The molecule has 1 aromatic carbocycles. The summed E-state index contributed by atoms with van der Waals surface area (Å²) in [6.07, 6.45) is 1.22. The first-order valence-corrected chi connectivity index (χ1v) is 8.86. The smallest absolute Gasteiger partial charge is 0.303 e. The molecular formula is C14H20O3Si. The lowest BCUT2D eigenvalue weighted by Crippen LogP contribution is -2.46. The first-order valence-electron chi connectivity index (χ1n) is 5.95. The van der Waals surface area contributed by atoms with Gasteiger partial charge in [-0.1, -0.05) is 36.9 Å². The van der Waals surface area contributed by atoms with Gasteiger partial charge in [0.1, 0.15) is 6.10 Å². The van der Waals surface area contributed by atoms with Crippen molar-refractivity contribution in [2.24, 2.45) is 0 Å². The van der Waals surface area contributed by atoms with Crippen LogP contribution in [0.25, 0.3) is 0 Å². The Kier molecular flexibility index (Phi) is 5.31. The van der Waals surface area contributed by atoms with E-state index < -0.39 is 8.32 Å². The molecule has 1 rings (SSSR count). The average Bonchev–Trinajstić information content (AvgIpc) is 2.35. The van der Waals surface area contributed by atoms with Crippen LogP contribution in [0.4, 0.5) is 0 Å². The topological polar surface area (TPSA) is 35.5 Å². The molecule has 1 unspecified atom stereocenters. The van der Waals surface area contributed by atoms with E-state index in [4.69, 9.17) is 9.16 Å². The fraction of sp³-hybridized carbons (Fsp3) is 0.357. The van der Waals surface area contributed by atoms with E-state index in [9.17, 15) is 4.79 Å². The summed E-state index contributed by atoms with van der Waals surface area (Å²) in [5, 5.41) is 1.22. The van der Waals surface area contributed by atoms with Crippen molar-refractivity contribution in [1.29, 1.82) is 0 Å². The molecule has 18 heavy (non-hydrogen) atoms. The summed E-state index contributed by atoms with van der Waals surface area (Å²) < 4.78 is 11.0. The van der Waals surface area contributed by atoms with Crippen molar-refractivity contribution in [2.45, 2.75) is 26.1 Å². The summed E-state index contributed by atoms with van der Waals surface area (Å²) in [4.78, 5) is 10.9. The van der Waals surface area contributed by atoms with Crippen molar-refractivity contribution in [3.63, 3.8) is 0 Å². The zero-order valence-corrected chi connectivity index (χ0v) is 12.2. The van der Waals surface area contributed by atoms with Crippen molar-refractivity contribution in [2.75, 3.05) is 6.61 Å². The van der Waals surface area contributed by atoms with Crippen LogP contribution in [0, 0.1) is 0 Å². The monoisotopic (exact) mass is 264 g/mol. The number of benzene rings is 1. The third-order valence-electron chi connectivity index (χ3n) is 2.66. The molecule has 1 aromatic rings. The maximum atomic E-state index is 10.9. The third kappa shape index (κ3) is 4.47. The molecule has 0 aromatic heterocycles. The summed E-state index contributed by atoms with van der Waals surface area (Å²) in [6, 6.07) is 10.1. The van der Waals surface area contributed by atoms with Crippen molar-refractivity contribution < 1.29 is 14.0 Å². The number of ether oxygens (including phenoxy) is 1. The standard InChI is InChI=1S/C14H20O3Si/c1-5-13(17-12(2)15)11-16-18(3,4)14-9-7-6-8-10-14/h5-10,13H,1,11H2,2-4H3. The molecule has 0 N–H and O–H groups in total. The number of hydrogen-bond donors (Lipinski definition) is 0. The summed E-state index contributed by atoms with van der Waals surface area (Å²) in [5.41, 5.74) is 0. The van der Waals surface area contributed by atoms with E-state index in [0.29, 0.717) is 6.61 Å². The number of esters is 1. The van der Waals surface area contributed by atoms with Gasteiger partial charge in [-0.3, -0.25) is 4.79 Å². The molecule has 0 fully saturated rings. The minimum atomic E-state index is -1.95. The highest BCUT2D eigenvalue weighted by Gasteiger charge is 2.26. The Balaban J connectivity index is 2.61. The van der Waals surface area contributed by atoms with Crippen LogP contribution in [0.3, 0.4) is 0 Å². The van der Waals surface area contributed by atoms with Crippen LogP contribution in [-0.2, 0) is 14.0 Å². The van der Waals surface area contributed by atoms with Gasteiger partial charge >= 0.3 is 5.97 Å². The molecule has 0 spiro atoms. The van der Waals surface area contributed by atoms with E-state index in [0.717, 1.165) is 0 Å². The fourth-order valence-corrected chi connectivity index (χ4v) is 3.32. The zero-order valence-electron chi connectivity index (χ0n) is 11.2. The van der Waals surface area contributed by atoms with E-state index in [1.807, 2.05) is 18.2 Å². The molecule has 0 saturated heterocycles. The van der Waals surface area contributed by atoms with E-state index in [1.54, 1.807) is 6.08 Å². The number of carbonyl (C=O) groups is 1. The SMILES string of the molecule is C=CC(CO[Si](C)(C)c1ccccc1)OC(C)=O. The lowest BCUT2D eigenvalue weighted by Gasteiger charge is -2.25. The molecular weight excluding hydrogens is 244 g/mol. The lowest BCUT2D eigenvalue weighted by molar-refractivity contribution is -0.145. The Hall–Kier alpha value is -1.39. The van der Waals surface area contributed by atoms with Gasteiger partial charge in [0.15, 0.2) is 0 Å². The van der Waals surface area contributed by atoms with Gasteiger partial charge in [-0.05, 0) is 24.4 Å². The largest absolute Gasteiger partial charge is 0.456 e. The van der Waals surface area contributed by atoms with Crippen LogP contribution in [0.15, 0.2) is 43.0 Å². The highest BCUT2D eigenvalue weighted by atomic mass is 28.4. The second kappa shape index (κ2) is 6.52. The van der Waals surface area contributed by atoms with Crippen LogP contribution in [0.1, 0.15) is 6.92 Å². The fourth-order valence-electron chi connectivity index (χ4n) is 1.58. The summed E-state index contributed by atoms with van der Waals surface area (Å²) >= 11 is 0. The van der Waals surface area contributed by atoms with Crippen LogP contribution in [0.2, 0.25) is 13.1 Å². The average molecular weight is 264 g/mol. The van der Waals surface area contributed by atoms with Gasteiger partial charge in [0.05, 0.1) is 6.61 Å². The van der Waals surface area contributed by atoms with E-state index >= 15 is 0 Å². The van der Waals surface area contributed by atoms with Crippen LogP contribution >= 0.6 is 0 Å². The van der Waals surface area contributed by atoms with Gasteiger partial charge in [-0.15, -0.1) is 0 Å². The summed E-state index contributed by atoms with van der Waals surface area (Å²) in [5.74, 6) is -0.317. The van der Waals surface area contributed by atoms with Crippen molar-refractivity contribution >= 4 is 19.5 Å². The van der Waals surface area contributed by atoms with Crippen LogP contribution < -0.4 is 5.19 Å². The Labute approximate surface area is 110 Å².